The fourth-order valence-electron chi connectivity index (χ4n) is 3.19. The zero-order valence-electron chi connectivity index (χ0n) is 12.1. The highest BCUT2D eigenvalue weighted by Crippen LogP contribution is 2.39. The van der Waals surface area contributed by atoms with Gasteiger partial charge in [-0.05, 0) is 54.6 Å². The van der Waals surface area contributed by atoms with Crippen molar-refractivity contribution in [2.45, 2.75) is 58.9 Å². The molecule has 1 aromatic rings. The Hall–Kier alpha value is -0.820. The van der Waals surface area contributed by atoms with E-state index in [1.165, 1.54) is 30.4 Å². The summed E-state index contributed by atoms with van der Waals surface area (Å²) in [5.41, 5.74) is 9.65. The van der Waals surface area contributed by atoms with Crippen LogP contribution in [0.4, 0.5) is 0 Å². The second-order valence-electron chi connectivity index (χ2n) is 6.71. The second kappa shape index (κ2) is 5.44. The van der Waals surface area contributed by atoms with Crippen molar-refractivity contribution in [2.75, 3.05) is 0 Å². The molecule has 1 heteroatoms. The molecule has 1 aromatic carbocycles. The van der Waals surface area contributed by atoms with Crippen LogP contribution in [0.3, 0.4) is 0 Å². The van der Waals surface area contributed by atoms with E-state index < -0.39 is 0 Å². The highest BCUT2D eigenvalue weighted by atomic mass is 14.7. The first-order chi connectivity index (χ1) is 8.50. The molecule has 0 radical (unpaired) electrons. The van der Waals surface area contributed by atoms with Crippen LogP contribution in [0.5, 0.6) is 0 Å². The third kappa shape index (κ3) is 3.35. The quantitative estimate of drug-likeness (QED) is 0.857. The van der Waals surface area contributed by atoms with Gasteiger partial charge in [0, 0.05) is 6.04 Å². The Bertz CT molecular complexity index is 377. The summed E-state index contributed by atoms with van der Waals surface area (Å²) in [5, 5.41) is 0. The van der Waals surface area contributed by atoms with Crippen molar-refractivity contribution in [1.82, 2.24) is 0 Å². The van der Waals surface area contributed by atoms with Crippen LogP contribution in [-0.4, -0.2) is 6.04 Å². The molecule has 100 valence electrons. The lowest BCUT2D eigenvalue weighted by atomic mass is 9.68. The summed E-state index contributed by atoms with van der Waals surface area (Å²) < 4.78 is 0. The molecule has 0 spiro atoms. The van der Waals surface area contributed by atoms with E-state index in [1.54, 1.807) is 0 Å². The van der Waals surface area contributed by atoms with E-state index in [2.05, 4.69) is 45.0 Å². The van der Waals surface area contributed by atoms with Crippen molar-refractivity contribution in [2.24, 2.45) is 17.1 Å². The molecule has 18 heavy (non-hydrogen) atoms. The smallest absolute Gasteiger partial charge is 0.00707 e. The van der Waals surface area contributed by atoms with Gasteiger partial charge in [-0.2, -0.15) is 0 Å². The predicted molar refractivity (Wildman–Crippen MR) is 78.6 cm³/mol. The zero-order valence-corrected chi connectivity index (χ0v) is 12.1. The molecule has 0 amide bonds. The third-order valence-electron chi connectivity index (χ3n) is 4.50. The van der Waals surface area contributed by atoms with Crippen molar-refractivity contribution in [3.05, 3.63) is 35.4 Å². The Morgan fingerprint density at radius 3 is 2.39 bits per heavy atom. The number of nitrogens with two attached hydrogens (primary N) is 1. The van der Waals surface area contributed by atoms with Gasteiger partial charge in [-0.1, -0.05) is 45.0 Å². The highest BCUT2D eigenvalue weighted by molar-refractivity contribution is 5.23. The number of rotatable bonds is 3. The monoisotopic (exact) mass is 245 g/mol. The molecule has 1 aliphatic rings. The lowest BCUT2D eigenvalue weighted by Gasteiger charge is -2.39. The van der Waals surface area contributed by atoms with Gasteiger partial charge in [0.05, 0.1) is 0 Å². The minimum atomic E-state index is 0.392. The number of benzene rings is 1. The van der Waals surface area contributed by atoms with Crippen molar-refractivity contribution in [3.8, 4) is 0 Å². The molecule has 0 aliphatic heterocycles. The average Bonchev–Trinajstić information content (AvgIpc) is 2.35. The highest BCUT2D eigenvalue weighted by Gasteiger charge is 2.32. The average molecular weight is 245 g/mol. The lowest BCUT2D eigenvalue weighted by Crippen LogP contribution is -2.40. The molecule has 1 fully saturated rings. The fraction of sp³-hybridized carbons (Fsp3) is 0.647. The third-order valence-corrected chi connectivity index (χ3v) is 4.50. The molecular formula is C17H27N. The van der Waals surface area contributed by atoms with Crippen LogP contribution in [0, 0.1) is 11.3 Å². The first kappa shape index (κ1) is 13.6. The lowest BCUT2D eigenvalue weighted by molar-refractivity contribution is 0.157. The molecule has 0 heterocycles. The van der Waals surface area contributed by atoms with Crippen LogP contribution in [-0.2, 0) is 12.8 Å². The molecule has 0 bridgehead atoms. The Labute approximate surface area is 112 Å². The maximum atomic E-state index is 6.30. The summed E-state index contributed by atoms with van der Waals surface area (Å²) in [6.07, 6.45) is 6.00. The summed E-state index contributed by atoms with van der Waals surface area (Å²) in [6, 6.07) is 9.48. The Morgan fingerprint density at radius 1 is 1.17 bits per heavy atom. The van der Waals surface area contributed by atoms with Gasteiger partial charge in [-0.3, -0.25) is 0 Å². The molecule has 1 aliphatic carbocycles. The van der Waals surface area contributed by atoms with Gasteiger partial charge in [0.15, 0.2) is 0 Å². The maximum absolute atomic E-state index is 6.30. The topological polar surface area (TPSA) is 26.0 Å². The van der Waals surface area contributed by atoms with Gasteiger partial charge < -0.3 is 5.73 Å². The molecule has 1 nitrogen and oxygen atoms in total. The van der Waals surface area contributed by atoms with E-state index in [1.807, 2.05) is 0 Å². The molecule has 2 rings (SSSR count). The number of hydrogen-bond donors (Lipinski definition) is 1. The molecule has 0 saturated heterocycles. The Kier molecular flexibility index (Phi) is 4.11. The van der Waals surface area contributed by atoms with Crippen LogP contribution in [0.2, 0.25) is 0 Å². The molecule has 0 aromatic heterocycles. The number of aryl methyl sites for hydroxylation is 1. The Morgan fingerprint density at radius 2 is 1.78 bits per heavy atom. The summed E-state index contributed by atoms with van der Waals surface area (Å²) in [7, 11) is 0. The van der Waals surface area contributed by atoms with Crippen LogP contribution in [0.1, 0.15) is 51.2 Å². The van der Waals surface area contributed by atoms with E-state index >= 15 is 0 Å². The summed E-state index contributed by atoms with van der Waals surface area (Å²) in [5.74, 6) is 0.654. The van der Waals surface area contributed by atoms with Gasteiger partial charge in [0.2, 0.25) is 0 Å². The molecule has 2 N–H and O–H groups in total. The second-order valence-corrected chi connectivity index (χ2v) is 6.71. The standard InChI is InChI=1S/C17H27N/c1-4-13-5-7-14(8-6-13)11-15-12-17(2,3)10-9-16(15)18/h5-8,15-16H,4,9-12,18H2,1-3H3. The molecule has 1 saturated carbocycles. The van der Waals surface area contributed by atoms with Gasteiger partial charge >= 0.3 is 0 Å². The summed E-state index contributed by atoms with van der Waals surface area (Å²) in [4.78, 5) is 0. The Balaban J connectivity index is 2.02. The van der Waals surface area contributed by atoms with Crippen molar-refractivity contribution in [1.29, 1.82) is 0 Å². The molecular weight excluding hydrogens is 218 g/mol. The first-order valence-electron chi connectivity index (χ1n) is 7.33. The van der Waals surface area contributed by atoms with Crippen molar-refractivity contribution < 1.29 is 0 Å². The first-order valence-corrected chi connectivity index (χ1v) is 7.33. The molecule has 2 unspecified atom stereocenters. The minimum absolute atomic E-state index is 0.392. The van der Waals surface area contributed by atoms with Crippen LogP contribution in [0.25, 0.3) is 0 Å². The fourth-order valence-corrected chi connectivity index (χ4v) is 3.19. The van der Waals surface area contributed by atoms with Crippen LogP contribution >= 0.6 is 0 Å². The largest absolute Gasteiger partial charge is 0.327 e. The van der Waals surface area contributed by atoms with E-state index in [0.29, 0.717) is 17.4 Å². The van der Waals surface area contributed by atoms with Crippen LogP contribution < -0.4 is 5.73 Å². The van der Waals surface area contributed by atoms with E-state index in [-0.39, 0.29) is 0 Å². The van der Waals surface area contributed by atoms with Gasteiger partial charge in [0.1, 0.15) is 0 Å². The summed E-state index contributed by atoms with van der Waals surface area (Å²) in [6.45, 7) is 6.96. The van der Waals surface area contributed by atoms with E-state index in [4.69, 9.17) is 5.73 Å². The van der Waals surface area contributed by atoms with Gasteiger partial charge in [-0.25, -0.2) is 0 Å². The minimum Gasteiger partial charge on any atom is -0.327 e. The van der Waals surface area contributed by atoms with Crippen molar-refractivity contribution >= 4 is 0 Å². The van der Waals surface area contributed by atoms with Crippen LogP contribution in [0.15, 0.2) is 24.3 Å². The number of hydrogen-bond acceptors (Lipinski definition) is 1. The normalized spacial score (nSPS) is 27.1. The summed E-state index contributed by atoms with van der Waals surface area (Å²) >= 11 is 0. The zero-order chi connectivity index (χ0) is 13.2. The van der Waals surface area contributed by atoms with Crippen molar-refractivity contribution in [3.63, 3.8) is 0 Å². The molecule has 2 atom stereocenters. The predicted octanol–water partition coefficient (Wildman–Crippen LogP) is 3.95. The van der Waals surface area contributed by atoms with E-state index in [0.717, 1.165) is 12.8 Å². The SMILES string of the molecule is CCc1ccc(CC2CC(C)(C)CCC2N)cc1. The van der Waals surface area contributed by atoms with E-state index in [9.17, 15) is 0 Å². The maximum Gasteiger partial charge on any atom is 0.00707 e. The van der Waals surface area contributed by atoms with Gasteiger partial charge in [0.25, 0.3) is 0 Å². The van der Waals surface area contributed by atoms with Gasteiger partial charge in [-0.15, -0.1) is 0 Å².